The van der Waals surface area contributed by atoms with E-state index in [9.17, 15) is 4.79 Å². The minimum Gasteiger partial charge on any atom is -0.348 e. The molecule has 25 heavy (non-hydrogen) atoms. The summed E-state index contributed by atoms with van der Waals surface area (Å²) in [4.78, 5) is 12.4. The summed E-state index contributed by atoms with van der Waals surface area (Å²) in [6.45, 7) is 6.58. The average Bonchev–Trinajstić information content (AvgIpc) is 2.94. The van der Waals surface area contributed by atoms with Crippen LogP contribution in [0, 0.1) is 13.8 Å². The molecule has 3 rings (SSSR count). The second kappa shape index (κ2) is 7.34. The smallest absolute Gasteiger partial charge is 0.251 e. The van der Waals surface area contributed by atoms with Crippen molar-refractivity contribution >= 4 is 5.91 Å². The Bertz CT molecular complexity index is 864. The summed E-state index contributed by atoms with van der Waals surface area (Å²) in [5, 5.41) is 7.63. The van der Waals surface area contributed by atoms with E-state index in [-0.39, 0.29) is 5.91 Å². The molecule has 0 spiro atoms. The first-order chi connectivity index (χ1) is 12.1. The highest BCUT2D eigenvalue weighted by atomic mass is 16.1. The van der Waals surface area contributed by atoms with E-state index in [0.29, 0.717) is 12.1 Å². The van der Waals surface area contributed by atoms with Gasteiger partial charge >= 0.3 is 0 Å². The largest absolute Gasteiger partial charge is 0.348 e. The third-order valence-electron chi connectivity index (χ3n) is 4.49. The molecule has 0 aliphatic heterocycles. The zero-order chi connectivity index (χ0) is 17.8. The van der Waals surface area contributed by atoms with Gasteiger partial charge in [0.15, 0.2) is 0 Å². The number of carbonyl (C=O) groups is 1. The summed E-state index contributed by atoms with van der Waals surface area (Å²) in [5.41, 5.74) is 5.97. The Balaban J connectivity index is 1.75. The maximum absolute atomic E-state index is 12.4. The van der Waals surface area contributed by atoms with Gasteiger partial charge in [-0.05, 0) is 50.1 Å². The van der Waals surface area contributed by atoms with Crippen molar-refractivity contribution in [2.24, 2.45) is 0 Å². The maximum Gasteiger partial charge on any atom is 0.251 e. The van der Waals surface area contributed by atoms with Gasteiger partial charge in [0.25, 0.3) is 5.91 Å². The number of nitrogens with one attached hydrogen (secondary N) is 1. The van der Waals surface area contributed by atoms with Crippen LogP contribution >= 0.6 is 0 Å². The summed E-state index contributed by atoms with van der Waals surface area (Å²) in [7, 11) is 0. The van der Waals surface area contributed by atoms with Crippen molar-refractivity contribution in [2.45, 2.75) is 33.7 Å². The number of hydrogen-bond donors (Lipinski definition) is 1. The van der Waals surface area contributed by atoms with Crippen molar-refractivity contribution in [2.75, 3.05) is 0 Å². The standard InChI is InChI=1S/C21H23N3O/c1-4-17-10-12-18(13-11-17)21(25)22-14-20-15(2)23-24(16(20)3)19-8-6-5-7-9-19/h5-13H,4,14H2,1-3H3,(H,22,25). The van der Waals surface area contributed by atoms with Crippen molar-refractivity contribution in [1.82, 2.24) is 15.1 Å². The number of para-hydroxylation sites is 1. The Hall–Kier alpha value is -2.88. The topological polar surface area (TPSA) is 46.9 Å². The molecule has 1 amide bonds. The normalized spacial score (nSPS) is 10.7. The van der Waals surface area contributed by atoms with Gasteiger partial charge in [-0.3, -0.25) is 4.79 Å². The van der Waals surface area contributed by atoms with Crippen LogP contribution in [0.15, 0.2) is 54.6 Å². The quantitative estimate of drug-likeness (QED) is 0.767. The molecular formula is C21H23N3O. The summed E-state index contributed by atoms with van der Waals surface area (Å²) in [6, 6.07) is 17.8. The molecule has 0 radical (unpaired) electrons. The molecule has 0 aliphatic carbocycles. The van der Waals surface area contributed by atoms with Gasteiger partial charge in [0.1, 0.15) is 0 Å². The van der Waals surface area contributed by atoms with Crippen LogP contribution in [0.5, 0.6) is 0 Å². The summed E-state index contributed by atoms with van der Waals surface area (Å²) < 4.78 is 1.92. The Morgan fingerprint density at radius 3 is 2.36 bits per heavy atom. The summed E-state index contributed by atoms with van der Waals surface area (Å²) in [6.07, 6.45) is 0.971. The van der Waals surface area contributed by atoms with Gasteiger partial charge < -0.3 is 5.32 Å². The van der Waals surface area contributed by atoms with Crippen molar-refractivity contribution < 1.29 is 4.79 Å². The predicted octanol–water partition coefficient (Wildman–Crippen LogP) is 3.98. The fraction of sp³-hybridized carbons (Fsp3) is 0.238. The van der Waals surface area contributed by atoms with Gasteiger partial charge in [0, 0.05) is 23.4 Å². The molecular weight excluding hydrogens is 310 g/mol. The van der Waals surface area contributed by atoms with Crippen LogP contribution in [0.3, 0.4) is 0 Å². The molecule has 4 nitrogen and oxygen atoms in total. The predicted molar refractivity (Wildman–Crippen MR) is 100 cm³/mol. The van der Waals surface area contributed by atoms with E-state index in [1.165, 1.54) is 5.56 Å². The Morgan fingerprint density at radius 1 is 1.04 bits per heavy atom. The lowest BCUT2D eigenvalue weighted by Gasteiger charge is -2.08. The molecule has 0 atom stereocenters. The lowest BCUT2D eigenvalue weighted by molar-refractivity contribution is 0.0951. The van der Waals surface area contributed by atoms with E-state index in [2.05, 4.69) is 17.3 Å². The molecule has 1 N–H and O–H groups in total. The first-order valence-corrected chi connectivity index (χ1v) is 8.57. The molecule has 3 aromatic rings. The van der Waals surface area contributed by atoms with Gasteiger partial charge in [-0.15, -0.1) is 0 Å². The van der Waals surface area contributed by atoms with E-state index in [4.69, 9.17) is 0 Å². The molecule has 1 heterocycles. The number of benzene rings is 2. The van der Waals surface area contributed by atoms with Gasteiger partial charge in [0.05, 0.1) is 11.4 Å². The second-order valence-corrected chi connectivity index (χ2v) is 6.13. The minimum absolute atomic E-state index is 0.0612. The van der Waals surface area contributed by atoms with E-state index in [1.807, 2.05) is 73.1 Å². The Labute approximate surface area is 148 Å². The van der Waals surface area contributed by atoms with Crippen LogP contribution in [-0.4, -0.2) is 15.7 Å². The molecule has 0 saturated heterocycles. The third-order valence-corrected chi connectivity index (χ3v) is 4.49. The van der Waals surface area contributed by atoms with Crippen LogP contribution in [-0.2, 0) is 13.0 Å². The van der Waals surface area contributed by atoms with Crippen molar-refractivity contribution in [3.05, 3.63) is 82.7 Å². The summed E-state index contributed by atoms with van der Waals surface area (Å²) >= 11 is 0. The van der Waals surface area contributed by atoms with Crippen LogP contribution in [0.1, 0.15) is 39.8 Å². The highest BCUT2D eigenvalue weighted by Gasteiger charge is 2.14. The highest BCUT2D eigenvalue weighted by Crippen LogP contribution is 2.17. The zero-order valence-electron chi connectivity index (χ0n) is 14.9. The molecule has 4 heteroatoms. The highest BCUT2D eigenvalue weighted by molar-refractivity contribution is 5.94. The average molecular weight is 333 g/mol. The van der Waals surface area contributed by atoms with E-state index in [1.54, 1.807) is 0 Å². The van der Waals surface area contributed by atoms with E-state index < -0.39 is 0 Å². The fourth-order valence-electron chi connectivity index (χ4n) is 2.91. The molecule has 0 unspecified atom stereocenters. The van der Waals surface area contributed by atoms with Crippen LogP contribution in [0.25, 0.3) is 5.69 Å². The maximum atomic E-state index is 12.4. The third kappa shape index (κ3) is 3.63. The first-order valence-electron chi connectivity index (χ1n) is 8.57. The van der Waals surface area contributed by atoms with Crippen LogP contribution < -0.4 is 5.32 Å². The molecule has 0 saturated carbocycles. The van der Waals surface area contributed by atoms with Gasteiger partial charge in [-0.2, -0.15) is 5.10 Å². The van der Waals surface area contributed by atoms with Crippen LogP contribution in [0.4, 0.5) is 0 Å². The zero-order valence-corrected chi connectivity index (χ0v) is 14.9. The number of amides is 1. The number of hydrogen-bond acceptors (Lipinski definition) is 2. The number of rotatable bonds is 5. The Morgan fingerprint density at radius 2 is 1.72 bits per heavy atom. The lowest BCUT2D eigenvalue weighted by Crippen LogP contribution is -2.23. The molecule has 1 aromatic heterocycles. The SMILES string of the molecule is CCc1ccc(C(=O)NCc2c(C)nn(-c3ccccc3)c2C)cc1. The number of nitrogens with zero attached hydrogens (tertiary/aromatic N) is 2. The Kier molecular flexibility index (Phi) is 4.98. The number of aryl methyl sites for hydroxylation is 2. The molecule has 0 bridgehead atoms. The van der Waals surface area contributed by atoms with Crippen molar-refractivity contribution in [3.8, 4) is 5.69 Å². The summed E-state index contributed by atoms with van der Waals surface area (Å²) in [5.74, 6) is -0.0612. The lowest BCUT2D eigenvalue weighted by atomic mass is 10.1. The van der Waals surface area contributed by atoms with Gasteiger partial charge in [-0.25, -0.2) is 4.68 Å². The number of carbonyl (C=O) groups excluding carboxylic acids is 1. The molecule has 128 valence electrons. The van der Waals surface area contributed by atoms with Gasteiger partial charge in [-0.1, -0.05) is 37.3 Å². The number of aromatic nitrogens is 2. The molecule has 0 aliphatic rings. The van der Waals surface area contributed by atoms with Gasteiger partial charge in [0.2, 0.25) is 0 Å². The second-order valence-electron chi connectivity index (χ2n) is 6.13. The monoisotopic (exact) mass is 333 g/mol. The fourth-order valence-corrected chi connectivity index (χ4v) is 2.91. The first kappa shape index (κ1) is 17.0. The van der Waals surface area contributed by atoms with Crippen LogP contribution in [0.2, 0.25) is 0 Å². The van der Waals surface area contributed by atoms with Crippen molar-refractivity contribution in [1.29, 1.82) is 0 Å². The van der Waals surface area contributed by atoms with Crippen molar-refractivity contribution in [3.63, 3.8) is 0 Å². The van der Waals surface area contributed by atoms with E-state index >= 15 is 0 Å². The minimum atomic E-state index is -0.0612. The van der Waals surface area contributed by atoms with E-state index in [0.717, 1.165) is 29.1 Å². The molecule has 0 fully saturated rings. The molecule has 2 aromatic carbocycles.